The van der Waals surface area contributed by atoms with Crippen molar-refractivity contribution >= 4 is 27.8 Å². The highest BCUT2D eigenvalue weighted by atomic mass is 79.9. The van der Waals surface area contributed by atoms with Gasteiger partial charge in [-0.1, -0.05) is 53.2 Å². The van der Waals surface area contributed by atoms with E-state index in [0.29, 0.717) is 31.5 Å². The number of ether oxygens (including phenoxy) is 2. The Balaban J connectivity index is 1.31. The highest BCUT2D eigenvalue weighted by molar-refractivity contribution is 9.10. The molecule has 1 aromatic heterocycles. The van der Waals surface area contributed by atoms with Gasteiger partial charge in [0.15, 0.2) is 5.82 Å². The van der Waals surface area contributed by atoms with Gasteiger partial charge in [-0.25, -0.2) is 4.79 Å². The Labute approximate surface area is 221 Å². The fourth-order valence-electron chi connectivity index (χ4n) is 4.47. The first kappa shape index (κ1) is 26.2. The number of hydrogen-bond donors (Lipinski definition) is 1. The van der Waals surface area contributed by atoms with Gasteiger partial charge in [-0.2, -0.15) is 5.10 Å². The molecule has 0 saturated carbocycles. The van der Waals surface area contributed by atoms with Crippen LogP contribution in [0.2, 0.25) is 0 Å². The molecule has 7 nitrogen and oxygen atoms in total. The van der Waals surface area contributed by atoms with Crippen LogP contribution in [-0.2, 0) is 17.9 Å². The summed E-state index contributed by atoms with van der Waals surface area (Å²) >= 11 is 3.56. The monoisotopic (exact) mass is 554 g/mol. The maximum Gasteiger partial charge on any atom is 0.412 e. The van der Waals surface area contributed by atoms with Gasteiger partial charge in [-0.05, 0) is 75.5 Å². The molecule has 3 aromatic rings. The van der Waals surface area contributed by atoms with E-state index in [9.17, 15) is 4.79 Å². The number of aryl methyl sites for hydroxylation is 1. The van der Waals surface area contributed by atoms with E-state index in [4.69, 9.17) is 9.47 Å². The van der Waals surface area contributed by atoms with Gasteiger partial charge >= 0.3 is 6.09 Å². The van der Waals surface area contributed by atoms with Gasteiger partial charge in [-0.15, -0.1) is 0 Å². The average Bonchev–Trinajstić information content (AvgIpc) is 3.22. The Morgan fingerprint density at radius 2 is 1.92 bits per heavy atom. The fraction of sp³-hybridized carbons (Fsp3) is 0.429. The molecule has 0 aliphatic carbocycles. The normalized spacial score (nSPS) is 14.5. The number of carbonyl (C=O) groups is 1. The van der Waals surface area contributed by atoms with Crippen molar-refractivity contribution in [3.05, 3.63) is 75.9 Å². The Morgan fingerprint density at radius 3 is 2.67 bits per heavy atom. The summed E-state index contributed by atoms with van der Waals surface area (Å²) in [7, 11) is 0. The minimum absolute atomic E-state index is 0.425. The predicted molar refractivity (Wildman–Crippen MR) is 145 cm³/mol. The number of halogens is 1. The average molecular weight is 556 g/mol. The lowest BCUT2D eigenvalue weighted by molar-refractivity contribution is 0.105. The van der Waals surface area contributed by atoms with Gasteiger partial charge in [-0.3, -0.25) is 10.00 Å². The summed E-state index contributed by atoms with van der Waals surface area (Å²) in [6.45, 7) is 8.95. The lowest BCUT2D eigenvalue weighted by Gasteiger charge is -2.31. The first-order valence-electron chi connectivity index (χ1n) is 12.7. The first-order valence-corrected chi connectivity index (χ1v) is 13.4. The number of amides is 1. The summed E-state index contributed by atoms with van der Waals surface area (Å²) < 4.78 is 14.5. The fourth-order valence-corrected chi connectivity index (χ4v) is 4.88. The maximum absolute atomic E-state index is 12.4. The Kier molecular flexibility index (Phi) is 9.41. The van der Waals surface area contributed by atoms with Crippen molar-refractivity contribution in [2.45, 2.75) is 46.3 Å². The molecule has 0 spiro atoms. The van der Waals surface area contributed by atoms with Crippen LogP contribution in [0.15, 0.2) is 59.1 Å². The minimum Gasteiger partial charge on any atom is -0.489 e. The zero-order chi connectivity index (χ0) is 25.3. The SMILES string of the molecule is CCCN1CCC(COC(=O)Nc2cc(C)n(Cc3cc(Br)ccc3OCc3ccccc3)n2)CC1. The summed E-state index contributed by atoms with van der Waals surface area (Å²) in [6, 6.07) is 17.9. The number of carbonyl (C=O) groups excluding carboxylic acids is 1. The Morgan fingerprint density at radius 1 is 1.14 bits per heavy atom. The largest absolute Gasteiger partial charge is 0.489 e. The van der Waals surface area contributed by atoms with Crippen LogP contribution >= 0.6 is 15.9 Å². The van der Waals surface area contributed by atoms with Crippen LogP contribution in [0.4, 0.5) is 10.6 Å². The van der Waals surface area contributed by atoms with Crippen molar-refractivity contribution in [3.63, 3.8) is 0 Å². The second-order valence-electron chi connectivity index (χ2n) is 9.36. The maximum atomic E-state index is 12.4. The van der Waals surface area contributed by atoms with Crippen molar-refractivity contribution in [1.29, 1.82) is 0 Å². The van der Waals surface area contributed by atoms with Gasteiger partial charge in [0.2, 0.25) is 0 Å². The van der Waals surface area contributed by atoms with Crippen molar-refractivity contribution in [3.8, 4) is 5.75 Å². The van der Waals surface area contributed by atoms with Crippen molar-refractivity contribution in [1.82, 2.24) is 14.7 Å². The highest BCUT2D eigenvalue weighted by Gasteiger charge is 2.20. The topological polar surface area (TPSA) is 68.6 Å². The Bertz CT molecular complexity index is 1130. The van der Waals surface area contributed by atoms with E-state index in [-0.39, 0.29) is 0 Å². The quantitative estimate of drug-likeness (QED) is 0.320. The summed E-state index contributed by atoms with van der Waals surface area (Å²) in [5.41, 5.74) is 3.04. The number of nitrogens with zero attached hydrogens (tertiary/aromatic N) is 3. The van der Waals surface area contributed by atoms with Gasteiger partial charge in [0.05, 0.1) is 13.2 Å². The lowest BCUT2D eigenvalue weighted by atomic mass is 9.98. The molecule has 0 bridgehead atoms. The molecule has 1 N–H and O–H groups in total. The van der Waals surface area contributed by atoms with Crippen LogP contribution < -0.4 is 10.1 Å². The molecule has 192 valence electrons. The molecule has 1 aliphatic rings. The van der Waals surface area contributed by atoms with E-state index >= 15 is 0 Å². The number of piperidine rings is 1. The van der Waals surface area contributed by atoms with Crippen LogP contribution in [0, 0.1) is 12.8 Å². The molecule has 8 heteroatoms. The van der Waals surface area contributed by atoms with E-state index in [1.54, 1.807) is 0 Å². The number of hydrogen-bond acceptors (Lipinski definition) is 5. The van der Waals surface area contributed by atoms with Crippen LogP contribution in [0.1, 0.15) is 43.0 Å². The van der Waals surface area contributed by atoms with E-state index in [2.05, 4.69) is 38.2 Å². The zero-order valence-corrected chi connectivity index (χ0v) is 22.7. The molecule has 36 heavy (non-hydrogen) atoms. The number of nitrogens with one attached hydrogen (secondary N) is 1. The first-order chi connectivity index (χ1) is 17.5. The second-order valence-corrected chi connectivity index (χ2v) is 10.3. The molecular formula is C28H35BrN4O3. The predicted octanol–water partition coefficient (Wildman–Crippen LogP) is 6.25. The van der Waals surface area contributed by atoms with E-state index < -0.39 is 6.09 Å². The second kappa shape index (κ2) is 12.9. The number of anilines is 1. The third kappa shape index (κ3) is 7.58. The number of rotatable bonds is 10. The number of aromatic nitrogens is 2. The zero-order valence-electron chi connectivity index (χ0n) is 21.1. The molecule has 0 radical (unpaired) electrons. The summed E-state index contributed by atoms with van der Waals surface area (Å²) in [5.74, 6) is 1.71. The molecular weight excluding hydrogens is 520 g/mol. The molecule has 1 fully saturated rings. The van der Waals surface area contributed by atoms with E-state index in [1.807, 2.05) is 66.2 Å². The van der Waals surface area contributed by atoms with E-state index in [0.717, 1.165) is 59.5 Å². The third-order valence-corrected chi connectivity index (χ3v) is 6.98. The van der Waals surface area contributed by atoms with Crippen LogP contribution in [0.5, 0.6) is 5.75 Å². The lowest BCUT2D eigenvalue weighted by Crippen LogP contribution is -2.36. The highest BCUT2D eigenvalue weighted by Crippen LogP contribution is 2.26. The molecule has 0 atom stereocenters. The van der Waals surface area contributed by atoms with E-state index in [1.165, 1.54) is 6.42 Å². The standard InChI is InChI=1S/C28H35BrN4O3/c1-3-13-32-14-11-23(12-15-32)20-36-28(34)30-27-16-21(2)33(31-27)18-24-17-25(29)9-10-26(24)35-19-22-7-5-4-6-8-22/h4-10,16-17,23H,3,11-15,18-20H2,1-2H3,(H,30,31,34). The molecule has 1 aliphatic heterocycles. The number of benzene rings is 2. The van der Waals surface area contributed by atoms with Crippen LogP contribution in [0.3, 0.4) is 0 Å². The van der Waals surface area contributed by atoms with Gasteiger partial charge in [0.25, 0.3) is 0 Å². The minimum atomic E-state index is -0.454. The molecule has 4 rings (SSSR count). The van der Waals surface area contributed by atoms with Gasteiger partial charge < -0.3 is 14.4 Å². The van der Waals surface area contributed by atoms with Gasteiger partial charge in [0.1, 0.15) is 12.4 Å². The van der Waals surface area contributed by atoms with Crippen LogP contribution in [0.25, 0.3) is 0 Å². The summed E-state index contributed by atoms with van der Waals surface area (Å²) in [5, 5.41) is 7.37. The molecule has 2 heterocycles. The Hall–Kier alpha value is -2.84. The molecule has 1 saturated heterocycles. The number of likely N-dealkylation sites (tertiary alicyclic amines) is 1. The van der Waals surface area contributed by atoms with Gasteiger partial charge in [0, 0.05) is 21.8 Å². The smallest absolute Gasteiger partial charge is 0.412 e. The third-order valence-electron chi connectivity index (χ3n) is 6.49. The van der Waals surface area contributed by atoms with Crippen molar-refractivity contribution < 1.29 is 14.3 Å². The summed E-state index contributed by atoms with van der Waals surface area (Å²) in [4.78, 5) is 14.9. The molecule has 1 amide bonds. The summed E-state index contributed by atoms with van der Waals surface area (Å²) in [6.07, 6.45) is 2.87. The van der Waals surface area contributed by atoms with Crippen molar-refractivity contribution in [2.24, 2.45) is 5.92 Å². The molecule has 2 aromatic carbocycles. The van der Waals surface area contributed by atoms with Crippen LogP contribution in [-0.4, -0.2) is 47.0 Å². The van der Waals surface area contributed by atoms with Crippen molar-refractivity contribution in [2.75, 3.05) is 31.6 Å². The molecule has 0 unspecified atom stereocenters.